The monoisotopic (exact) mass is 566 g/mol. The molecule has 0 bridgehead atoms. The molecule has 0 spiro atoms. The fraction of sp³-hybridized carbons (Fsp3) is 0.226. The minimum absolute atomic E-state index is 0.267. The van der Waals surface area contributed by atoms with Crippen LogP contribution in [0.2, 0.25) is 0 Å². The Labute approximate surface area is 242 Å². The molecule has 2 N–H and O–H groups in total. The summed E-state index contributed by atoms with van der Waals surface area (Å²) in [6, 6.07) is 23.6. The molecule has 0 aliphatic carbocycles. The first-order chi connectivity index (χ1) is 20.6. The molecule has 0 saturated carbocycles. The van der Waals surface area contributed by atoms with E-state index in [9.17, 15) is 9.18 Å². The van der Waals surface area contributed by atoms with Gasteiger partial charge in [0.25, 0.3) is 0 Å². The molecule has 42 heavy (non-hydrogen) atoms. The van der Waals surface area contributed by atoms with Crippen molar-refractivity contribution in [3.05, 3.63) is 102 Å². The van der Waals surface area contributed by atoms with Crippen LogP contribution in [-0.4, -0.2) is 63.7 Å². The number of imidazole rings is 1. The van der Waals surface area contributed by atoms with Crippen molar-refractivity contribution in [2.75, 3.05) is 48.8 Å². The first-order valence-electron chi connectivity index (χ1n) is 13.8. The van der Waals surface area contributed by atoms with Crippen molar-refractivity contribution < 1.29 is 13.9 Å². The Kier molecular flexibility index (Phi) is 7.80. The van der Waals surface area contributed by atoms with Gasteiger partial charge in [-0.2, -0.15) is 9.97 Å². The van der Waals surface area contributed by atoms with Crippen LogP contribution in [0.4, 0.5) is 26.6 Å². The number of nitrogens with zero attached hydrogens (tertiary/aromatic N) is 6. The molecule has 1 aliphatic rings. The van der Waals surface area contributed by atoms with Crippen molar-refractivity contribution in [3.63, 3.8) is 0 Å². The van der Waals surface area contributed by atoms with Gasteiger partial charge in [-0.3, -0.25) is 0 Å². The third-order valence-corrected chi connectivity index (χ3v) is 7.21. The summed E-state index contributed by atoms with van der Waals surface area (Å²) in [5.41, 5.74) is 3.96. The highest BCUT2D eigenvalue weighted by Crippen LogP contribution is 2.26. The molecule has 2 amide bonds. The molecule has 5 aromatic rings. The number of methoxy groups -OCH3 is 1. The van der Waals surface area contributed by atoms with Crippen LogP contribution in [0.3, 0.4) is 0 Å². The maximum absolute atomic E-state index is 13.6. The lowest BCUT2D eigenvalue weighted by Gasteiger charge is -2.34. The van der Waals surface area contributed by atoms with Gasteiger partial charge in [-0.05, 0) is 29.8 Å². The summed E-state index contributed by atoms with van der Waals surface area (Å²) in [5.74, 6) is 1.58. The quantitative estimate of drug-likeness (QED) is 0.273. The zero-order chi connectivity index (χ0) is 28.9. The van der Waals surface area contributed by atoms with Gasteiger partial charge in [0.15, 0.2) is 17.0 Å². The van der Waals surface area contributed by atoms with Crippen LogP contribution in [0.15, 0.2) is 85.2 Å². The third kappa shape index (κ3) is 5.95. The average molecular weight is 567 g/mol. The van der Waals surface area contributed by atoms with Crippen LogP contribution in [-0.2, 0) is 13.1 Å². The fourth-order valence-corrected chi connectivity index (χ4v) is 5.00. The van der Waals surface area contributed by atoms with E-state index < -0.39 is 5.82 Å². The largest absolute Gasteiger partial charge is 0.496 e. The minimum atomic E-state index is -0.396. The highest BCUT2D eigenvalue weighted by atomic mass is 19.1. The van der Waals surface area contributed by atoms with Gasteiger partial charge >= 0.3 is 6.03 Å². The number of hydrogen-bond donors (Lipinski definition) is 2. The predicted molar refractivity (Wildman–Crippen MR) is 160 cm³/mol. The second kappa shape index (κ2) is 12.1. The van der Waals surface area contributed by atoms with Crippen molar-refractivity contribution in [3.8, 4) is 5.75 Å². The molecule has 6 rings (SSSR count). The molecule has 11 heteroatoms. The summed E-state index contributed by atoms with van der Waals surface area (Å²) >= 11 is 0. The van der Waals surface area contributed by atoms with E-state index in [1.54, 1.807) is 30.5 Å². The first-order valence-corrected chi connectivity index (χ1v) is 13.8. The maximum Gasteiger partial charge on any atom is 0.321 e. The number of hydrogen-bond acceptors (Lipinski definition) is 7. The summed E-state index contributed by atoms with van der Waals surface area (Å²) in [6.45, 7) is 3.14. The number of halogens is 1. The lowest BCUT2D eigenvalue weighted by atomic mass is 10.2. The number of piperazine rings is 1. The van der Waals surface area contributed by atoms with Crippen LogP contribution in [0.5, 0.6) is 5.75 Å². The van der Waals surface area contributed by atoms with Crippen LogP contribution in [0.25, 0.3) is 11.2 Å². The van der Waals surface area contributed by atoms with Crippen molar-refractivity contribution in [1.29, 1.82) is 0 Å². The molecule has 0 radical (unpaired) electrons. The second-order valence-electron chi connectivity index (χ2n) is 9.98. The summed E-state index contributed by atoms with van der Waals surface area (Å²) < 4.78 is 21.1. The molecule has 1 aliphatic heterocycles. The van der Waals surface area contributed by atoms with Crippen molar-refractivity contribution in [2.45, 2.75) is 13.1 Å². The van der Waals surface area contributed by atoms with Crippen LogP contribution in [0.1, 0.15) is 11.1 Å². The van der Waals surface area contributed by atoms with Gasteiger partial charge in [0, 0.05) is 44.0 Å². The van der Waals surface area contributed by atoms with Gasteiger partial charge in [0.1, 0.15) is 11.6 Å². The van der Waals surface area contributed by atoms with E-state index in [1.807, 2.05) is 47.0 Å². The molecule has 3 aromatic carbocycles. The minimum Gasteiger partial charge on any atom is -0.496 e. The van der Waals surface area contributed by atoms with E-state index in [0.717, 1.165) is 22.5 Å². The second-order valence-corrected chi connectivity index (χ2v) is 9.98. The molecule has 214 valence electrons. The fourth-order valence-electron chi connectivity index (χ4n) is 5.00. The Bertz CT molecular complexity index is 1690. The van der Waals surface area contributed by atoms with E-state index in [2.05, 4.69) is 32.7 Å². The zero-order valence-electron chi connectivity index (χ0n) is 23.2. The van der Waals surface area contributed by atoms with Crippen molar-refractivity contribution in [2.24, 2.45) is 0 Å². The van der Waals surface area contributed by atoms with Crippen LogP contribution < -0.4 is 20.3 Å². The van der Waals surface area contributed by atoms with E-state index in [1.165, 1.54) is 12.1 Å². The Morgan fingerprint density at radius 3 is 2.52 bits per heavy atom. The molecule has 1 fully saturated rings. The van der Waals surface area contributed by atoms with Crippen LogP contribution in [0, 0.1) is 5.82 Å². The number of anilines is 3. The SMILES string of the molecule is COc1ccccc1CNc1nc(N2CCN(C(=O)Nc3cccc(F)c3)CC2)nc2c1ncn2Cc1ccccc1. The summed E-state index contributed by atoms with van der Waals surface area (Å²) in [5, 5.41) is 6.23. The number of fused-ring (bicyclic) bond motifs is 1. The van der Waals surface area contributed by atoms with Crippen molar-refractivity contribution >= 4 is 34.6 Å². The number of rotatable bonds is 8. The summed E-state index contributed by atoms with van der Waals surface area (Å²) in [4.78, 5) is 31.1. The maximum atomic E-state index is 13.6. The van der Waals surface area contributed by atoms with E-state index in [0.29, 0.717) is 62.2 Å². The number of nitrogens with one attached hydrogen (secondary N) is 2. The number of carbonyl (C=O) groups is 1. The molecule has 0 atom stereocenters. The third-order valence-electron chi connectivity index (χ3n) is 7.21. The van der Waals surface area contributed by atoms with Gasteiger partial charge < -0.3 is 29.7 Å². The molecular weight excluding hydrogens is 535 g/mol. The highest BCUT2D eigenvalue weighted by molar-refractivity contribution is 5.89. The molecule has 2 aromatic heterocycles. The van der Waals surface area contributed by atoms with Crippen LogP contribution >= 0.6 is 0 Å². The zero-order valence-corrected chi connectivity index (χ0v) is 23.2. The van der Waals surface area contributed by atoms with Gasteiger partial charge in [0.05, 0.1) is 20.0 Å². The molecular formula is C31H31FN8O2. The van der Waals surface area contributed by atoms with Gasteiger partial charge in [0.2, 0.25) is 5.95 Å². The van der Waals surface area contributed by atoms with E-state index in [4.69, 9.17) is 14.7 Å². The van der Waals surface area contributed by atoms with E-state index in [-0.39, 0.29) is 6.03 Å². The molecule has 3 heterocycles. The molecule has 10 nitrogen and oxygen atoms in total. The number of aromatic nitrogens is 4. The topological polar surface area (TPSA) is 100 Å². The standard InChI is InChI=1S/C31H31FN8O2/c1-42-26-13-6-5-10-23(26)19-33-28-27-29(40(21-34-27)20-22-8-3-2-4-9-22)37-30(36-28)38-14-16-39(17-15-38)31(41)35-25-12-7-11-24(32)18-25/h2-13,18,21H,14-17,19-20H2,1H3,(H,35,41)(H,33,36,37). The number of benzene rings is 3. The summed E-state index contributed by atoms with van der Waals surface area (Å²) in [6.07, 6.45) is 1.79. The number of amides is 2. The van der Waals surface area contributed by atoms with Gasteiger partial charge in [-0.25, -0.2) is 14.2 Å². The Morgan fingerprint density at radius 1 is 0.952 bits per heavy atom. The lowest BCUT2D eigenvalue weighted by molar-refractivity contribution is 0.208. The van der Waals surface area contributed by atoms with Gasteiger partial charge in [-0.1, -0.05) is 54.6 Å². The highest BCUT2D eigenvalue weighted by Gasteiger charge is 2.25. The average Bonchev–Trinajstić information content (AvgIpc) is 3.43. The number of urea groups is 1. The smallest absolute Gasteiger partial charge is 0.321 e. The van der Waals surface area contributed by atoms with Gasteiger partial charge in [-0.15, -0.1) is 0 Å². The predicted octanol–water partition coefficient (Wildman–Crippen LogP) is 4.99. The molecule has 1 saturated heterocycles. The number of carbonyl (C=O) groups excluding carboxylic acids is 1. The Balaban J connectivity index is 1.24. The number of para-hydroxylation sites is 1. The van der Waals surface area contributed by atoms with Crippen molar-refractivity contribution in [1.82, 2.24) is 24.4 Å². The Hall–Kier alpha value is -5.19. The lowest BCUT2D eigenvalue weighted by Crippen LogP contribution is -2.50. The summed E-state index contributed by atoms with van der Waals surface area (Å²) in [7, 11) is 1.66. The first kappa shape index (κ1) is 27.0. The number of ether oxygens (including phenoxy) is 1. The normalized spacial score (nSPS) is 13.3. The van der Waals surface area contributed by atoms with E-state index >= 15 is 0 Å². The Morgan fingerprint density at radius 2 is 1.74 bits per heavy atom. The molecule has 0 unspecified atom stereocenters.